The Morgan fingerprint density at radius 2 is 2.32 bits per heavy atom. The maximum atomic E-state index is 11.8. The van der Waals surface area contributed by atoms with E-state index in [0.29, 0.717) is 11.6 Å². The van der Waals surface area contributed by atoms with Crippen molar-refractivity contribution in [2.45, 2.75) is 51.7 Å². The second-order valence-electron chi connectivity index (χ2n) is 5.61. The van der Waals surface area contributed by atoms with Crippen LogP contribution in [0.4, 0.5) is 0 Å². The molecule has 1 fully saturated rings. The summed E-state index contributed by atoms with van der Waals surface area (Å²) in [4.78, 5) is 11.8. The van der Waals surface area contributed by atoms with E-state index < -0.39 is 11.5 Å². The summed E-state index contributed by atoms with van der Waals surface area (Å²) in [6.45, 7) is 6.04. The van der Waals surface area contributed by atoms with Crippen molar-refractivity contribution in [2.24, 2.45) is 5.92 Å². The molecule has 1 aliphatic rings. The molecule has 1 atom stereocenters. The molecule has 0 radical (unpaired) electrons. The minimum Gasteiger partial charge on any atom is -0.480 e. The molecule has 1 unspecified atom stereocenters. The third kappa shape index (κ3) is 2.92. The van der Waals surface area contributed by atoms with E-state index in [9.17, 15) is 9.90 Å². The molecule has 6 heteroatoms. The van der Waals surface area contributed by atoms with Crippen LogP contribution < -0.4 is 5.32 Å². The lowest BCUT2D eigenvalue weighted by molar-refractivity contribution is -0.147. The number of hydrogen-bond acceptors (Lipinski definition) is 3. The number of carbonyl (C=O) groups is 1. The van der Waals surface area contributed by atoms with Crippen LogP contribution in [0.1, 0.15) is 32.4 Å². The molecule has 0 aliphatic heterocycles. The number of hydrogen-bond donors (Lipinski definition) is 2. The first kappa shape index (κ1) is 14.3. The highest BCUT2D eigenvalue weighted by molar-refractivity contribution is 6.31. The monoisotopic (exact) mass is 285 g/mol. The Balaban J connectivity index is 2.28. The van der Waals surface area contributed by atoms with Crippen LogP contribution in [0, 0.1) is 12.8 Å². The third-order valence-corrected chi connectivity index (χ3v) is 3.87. The highest BCUT2D eigenvalue weighted by atomic mass is 35.5. The van der Waals surface area contributed by atoms with Gasteiger partial charge in [-0.1, -0.05) is 11.6 Å². The Labute approximate surface area is 117 Å². The molecule has 0 spiro atoms. The lowest BCUT2D eigenvalue weighted by atomic mass is 9.92. The number of nitrogens with zero attached hydrogens (tertiary/aromatic N) is 2. The predicted molar refractivity (Wildman–Crippen MR) is 73.3 cm³/mol. The zero-order chi connectivity index (χ0) is 14.2. The average molecular weight is 286 g/mol. The Morgan fingerprint density at radius 1 is 1.68 bits per heavy atom. The highest BCUT2D eigenvalue weighted by Crippen LogP contribution is 2.41. The van der Waals surface area contributed by atoms with Gasteiger partial charge in [0, 0.05) is 12.2 Å². The van der Waals surface area contributed by atoms with Gasteiger partial charge in [-0.25, -0.2) is 0 Å². The van der Waals surface area contributed by atoms with E-state index in [1.807, 2.05) is 20.8 Å². The second kappa shape index (κ2) is 5.13. The van der Waals surface area contributed by atoms with E-state index in [2.05, 4.69) is 10.4 Å². The Morgan fingerprint density at radius 3 is 2.68 bits per heavy atom. The molecule has 1 aliphatic carbocycles. The molecule has 106 valence electrons. The zero-order valence-corrected chi connectivity index (χ0v) is 12.2. The van der Waals surface area contributed by atoms with Crippen LogP contribution in [0.2, 0.25) is 5.02 Å². The molecule has 2 N–H and O–H groups in total. The lowest BCUT2D eigenvalue weighted by Gasteiger charge is -2.32. The Kier molecular flexibility index (Phi) is 3.87. The normalized spacial score (nSPS) is 18.6. The van der Waals surface area contributed by atoms with Crippen LogP contribution in [-0.4, -0.2) is 32.4 Å². The summed E-state index contributed by atoms with van der Waals surface area (Å²) in [5.74, 6) is -0.649. The van der Waals surface area contributed by atoms with E-state index in [4.69, 9.17) is 11.6 Å². The van der Waals surface area contributed by atoms with E-state index in [1.165, 1.54) is 0 Å². The Bertz CT molecular complexity index is 463. The molecule has 1 saturated carbocycles. The highest BCUT2D eigenvalue weighted by Gasteiger charge is 2.52. The minimum absolute atomic E-state index is 0.101. The van der Waals surface area contributed by atoms with Gasteiger partial charge in [0.15, 0.2) is 0 Å². The molecule has 0 bridgehead atoms. The lowest BCUT2D eigenvalue weighted by Crippen LogP contribution is -2.59. The number of carboxylic acid groups (broad SMARTS) is 1. The van der Waals surface area contributed by atoms with Crippen molar-refractivity contribution in [2.75, 3.05) is 0 Å². The van der Waals surface area contributed by atoms with Crippen LogP contribution >= 0.6 is 11.6 Å². The molecule has 0 saturated heterocycles. The van der Waals surface area contributed by atoms with Crippen molar-refractivity contribution in [3.05, 3.63) is 16.9 Å². The van der Waals surface area contributed by atoms with E-state index in [1.54, 1.807) is 10.9 Å². The van der Waals surface area contributed by atoms with Gasteiger partial charge in [0.1, 0.15) is 5.54 Å². The molecular weight excluding hydrogens is 266 g/mol. The summed E-state index contributed by atoms with van der Waals surface area (Å²) >= 11 is 5.99. The molecule has 1 aromatic heterocycles. The van der Waals surface area contributed by atoms with Crippen LogP contribution in [0.25, 0.3) is 0 Å². The number of aliphatic carboxylic acids is 1. The van der Waals surface area contributed by atoms with Crippen LogP contribution in [0.3, 0.4) is 0 Å². The van der Waals surface area contributed by atoms with Crippen molar-refractivity contribution < 1.29 is 9.90 Å². The van der Waals surface area contributed by atoms with E-state index in [0.717, 1.165) is 18.5 Å². The summed E-state index contributed by atoms with van der Waals surface area (Å²) < 4.78 is 1.64. The molecule has 1 aromatic rings. The molecule has 0 aromatic carbocycles. The second-order valence-corrected chi connectivity index (χ2v) is 6.02. The first-order chi connectivity index (χ1) is 8.85. The number of nitrogens with one attached hydrogen (secondary N) is 1. The fraction of sp³-hybridized carbons (Fsp3) is 0.692. The summed E-state index contributed by atoms with van der Waals surface area (Å²) in [6.07, 6.45) is 3.58. The van der Waals surface area contributed by atoms with Gasteiger partial charge in [0.05, 0.1) is 17.3 Å². The number of rotatable bonds is 6. The van der Waals surface area contributed by atoms with Gasteiger partial charge in [-0.05, 0) is 39.5 Å². The minimum atomic E-state index is -0.948. The molecule has 2 rings (SSSR count). The number of aromatic nitrogens is 2. The van der Waals surface area contributed by atoms with Gasteiger partial charge in [0.25, 0.3) is 0 Å². The molecular formula is C13H20ClN3O2. The summed E-state index contributed by atoms with van der Waals surface area (Å²) in [5.41, 5.74) is -0.225. The van der Waals surface area contributed by atoms with Gasteiger partial charge in [-0.3, -0.25) is 14.8 Å². The topological polar surface area (TPSA) is 67.2 Å². The number of carboxylic acids is 1. The van der Waals surface area contributed by atoms with Gasteiger partial charge in [-0.15, -0.1) is 0 Å². The molecule has 1 heterocycles. The van der Waals surface area contributed by atoms with E-state index >= 15 is 0 Å². The van der Waals surface area contributed by atoms with Crippen molar-refractivity contribution in [1.82, 2.24) is 15.1 Å². The SMILES string of the molecule is Cc1nn(CC(NC(C)C)(C(=O)O)C2CC2)cc1Cl. The average Bonchev–Trinajstić information content (AvgIpc) is 3.06. The Hall–Kier alpha value is -1.07. The standard InChI is InChI=1S/C13H20ClN3O2/c1-8(2)15-13(12(18)19,10-4-5-10)7-17-6-11(14)9(3)16-17/h6,8,10,15H,4-5,7H2,1-3H3,(H,18,19). The first-order valence-electron chi connectivity index (χ1n) is 6.56. The fourth-order valence-electron chi connectivity index (χ4n) is 2.52. The van der Waals surface area contributed by atoms with Crippen molar-refractivity contribution >= 4 is 17.6 Å². The van der Waals surface area contributed by atoms with Crippen molar-refractivity contribution in [3.8, 4) is 0 Å². The summed E-state index contributed by atoms with van der Waals surface area (Å²) in [6, 6.07) is 0.101. The summed E-state index contributed by atoms with van der Waals surface area (Å²) in [5, 5.41) is 17.8. The maximum Gasteiger partial charge on any atom is 0.326 e. The summed E-state index contributed by atoms with van der Waals surface area (Å²) in [7, 11) is 0. The quantitative estimate of drug-likeness (QED) is 0.840. The fourth-order valence-corrected chi connectivity index (χ4v) is 2.67. The largest absolute Gasteiger partial charge is 0.480 e. The maximum absolute atomic E-state index is 11.8. The van der Waals surface area contributed by atoms with Crippen molar-refractivity contribution in [1.29, 1.82) is 0 Å². The first-order valence-corrected chi connectivity index (χ1v) is 6.93. The predicted octanol–water partition coefficient (Wildman–Crippen LogP) is 2.08. The van der Waals surface area contributed by atoms with E-state index in [-0.39, 0.29) is 12.0 Å². The smallest absolute Gasteiger partial charge is 0.326 e. The van der Waals surface area contributed by atoms with Gasteiger partial charge in [-0.2, -0.15) is 5.10 Å². The number of aryl methyl sites for hydroxylation is 1. The number of halogens is 1. The van der Waals surface area contributed by atoms with Crippen molar-refractivity contribution in [3.63, 3.8) is 0 Å². The van der Waals surface area contributed by atoms with Gasteiger partial charge in [0.2, 0.25) is 0 Å². The third-order valence-electron chi connectivity index (χ3n) is 3.50. The van der Waals surface area contributed by atoms with Crippen LogP contribution in [0.5, 0.6) is 0 Å². The van der Waals surface area contributed by atoms with Crippen LogP contribution in [0.15, 0.2) is 6.20 Å². The van der Waals surface area contributed by atoms with Crippen LogP contribution in [-0.2, 0) is 11.3 Å². The molecule has 19 heavy (non-hydrogen) atoms. The molecule has 0 amide bonds. The van der Waals surface area contributed by atoms with Gasteiger partial charge >= 0.3 is 5.97 Å². The van der Waals surface area contributed by atoms with Gasteiger partial charge < -0.3 is 5.11 Å². The molecule has 5 nitrogen and oxygen atoms in total. The zero-order valence-electron chi connectivity index (χ0n) is 11.5.